The van der Waals surface area contributed by atoms with Crippen molar-refractivity contribution in [3.05, 3.63) is 59.8 Å². The molecule has 5 nitrogen and oxygen atoms in total. The lowest BCUT2D eigenvalue weighted by molar-refractivity contribution is -0.126. The molecule has 25 heavy (non-hydrogen) atoms. The average Bonchev–Trinajstić information content (AvgIpc) is 3.14. The molecule has 1 aliphatic rings. The number of fused-ring (bicyclic) bond motifs is 2. The molecule has 0 fully saturated rings. The van der Waals surface area contributed by atoms with Crippen LogP contribution in [0.1, 0.15) is 11.1 Å². The maximum Gasteiger partial charge on any atom is 0.227 e. The zero-order chi connectivity index (χ0) is 17.2. The Morgan fingerprint density at radius 1 is 1.32 bits per heavy atom. The predicted octanol–water partition coefficient (Wildman–Crippen LogP) is 3.04. The van der Waals surface area contributed by atoms with Crippen LogP contribution >= 0.6 is 0 Å². The maximum atomic E-state index is 12.6. The van der Waals surface area contributed by atoms with Gasteiger partial charge in [0.15, 0.2) is 0 Å². The summed E-state index contributed by atoms with van der Waals surface area (Å²) >= 11 is 0. The fourth-order valence-corrected chi connectivity index (χ4v) is 3.30. The van der Waals surface area contributed by atoms with E-state index in [1.54, 1.807) is 7.11 Å². The Bertz CT molecular complexity index is 916. The molecule has 1 atom stereocenters. The van der Waals surface area contributed by atoms with Gasteiger partial charge in [0.25, 0.3) is 0 Å². The molecule has 0 bridgehead atoms. The third kappa shape index (κ3) is 3.05. The first-order valence-electron chi connectivity index (χ1n) is 8.37. The van der Waals surface area contributed by atoms with Crippen molar-refractivity contribution in [2.45, 2.75) is 13.0 Å². The molecule has 0 radical (unpaired) electrons. The molecule has 0 unspecified atom stereocenters. The summed E-state index contributed by atoms with van der Waals surface area (Å²) in [6.45, 7) is 0.912. The van der Waals surface area contributed by atoms with Gasteiger partial charge in [-0.1, -0.05) is 12.1 Å². The highest BCUT2D eigenvalue weighted by Gasteiger charge is 2.26. The van der Waals surface area contributed by atoms with Crippen LogP contribution in [0.15, 0.2) is 48.7 Å². The van der Waals surface area contributed by atoms with Crippen molar-refractivity contribution in [1.29, 1.82) is 0 Å². The lowest BCUT2D eigenvalue weighted by Crippen LogP contribution is -2.37. The Morgan fingerprint density at radius 3 is 3.12 bits per heavy atom. The zero-order valence-corrected chi connectivity index (χ0v) is 14.0. The molecule has 0 aliphatic carbocycles. The molecule has 0 saturated carbocycles. The van der Waals surface area contributed by atoms with Crippen LogP contribution in [0.4, 0.5) is 0 Å². The average molecular weight is 336 g/mol. The molecular weight excluding hydrogens is 316 g/mol. The van der Waals surface area contributed by atoms with Gasteiger partial charge in [0.05, 0.1) is 13.0 Å². The normalized spacial score (nSPS) is 16.1. The number of benzene rings is 2. The van der Waals surface area contributed by atoms with Crippen molar-refractivity contribution >= 4 is 16.8 Å². The van der Waals surface area contributed by atoms with Gasteiger partial charge in [0.1, 0.15) is 18.1 Å². The molecule has 5 heteroatoms. The number of nitrogens with one attached hydrogen (secondary N) is 2. The van der Waals surface area contributed by atoms with Crippen LogP contribution in [0, 0.1) is 5.92 Å². The Balaban J connectivity index is 1.44. The van der Waals surface area contributed by atoms with Crippen LogP contribution in [-0.4, -0.2) is 24.6 Å². The predicted molar refractivity (Wildman–Crippen MR) is 95.8 cm³/mol. The van der Waals surface area contributed by atoms with Crippen molar-refractivity contribution in [1.82, 2.24) is 10.3 Å². The van der Waals surface area contributed by atoms with Gasteiger partial charge in [-0.05, 0) is 47.9 Å². The van der Waals surface area contributed by atoms with E-state index in [9.17, 15) is 4.79 Å². The molecule has 128 valence electrons. The second kappa shape index (κ2) is 6.51. The van der Waals surface area contributed by atoms with E-state index in [0.29, 0.717) is 19.6 Å². The van der Waals surface area contributed by atoms with E-state index in [1.807, 2.05) is 48.7 Å². The van der Waals surface area contributed by atoms with E-state index in [2.05, 4.69) is 10.3 Å². The summed E-state index contributed by atoms with van der Waals surface area (Å²) in [6, 6.07) is 13.8. The molecule has 1 aromatic heterocycles. The number of H-pyrrole nitrogens is 1. The standard InChI is InChI=1S/C20H20N2O3/c1-24-16-5-6-19-14(10-16)9-15(12-25-19)20(23)22-11-13-3-2-4-18-17(13)7-8-21-18/h2-8,10,15,21H,9,11-12H2,1H3,(H,22,23)/t15-/m0/s1. The van der Waals surface area contributed by atoms with E-state index in [1.165, 1.54) is 0 Å². The monoisotopic (exact) mass is 336 g/mol. The van der Waals surface area contributed by atoms with Crippen LogP contribution < -0.4 is 14.8 Å². The lowest BCUT2D eigenvalue weighted by Gasteiger charge is -2.25. The number of carbonyl (C=O) groups is 1. The summed E-state index contributed by atoms with van der Waals surface area (Å²) in [5.74, 6) is 1.44. The van der Waals surface area contributed by atoms with Gasteiger partial charge in [-0.15, -0.1) is 0 Å². The fourth-order valence-electron chi connectivity index (χ4n) is 3.30. The van der Waals surface area contributed by atoms with Crippen LogP contribution in [0.3, 0.4) is 0 Å². The summed E-state index contributed by atoms with van der Waals surface area (Å²) in [4.78, 5) is 15.8. The van der Waals surface area contributed by atoms with Gasteiger partial charge < -0.3 is 19.8 Å². The van der Waals surface area contributed by atoms with Crippen LogP contribution in [0.5, 0.6) is 11.5 Å². The van der Waals surface area contributed by atoms with Gasteiger partial charge in [-0.2, -0.15) is 0 Å². The highest BCUT2D eigenvalue weighted by molar-refractivity contribution is 5.84. The Kier molecular flexibility index (Phi) is 4.06. The van der Waals surface area contributed by atoms with Crippen molar-refractivity contribution < 1.29 is 14.3 Å². The SMILES string of the molecule is COc1ccc2c(c1)C[C@H](C(=O)NCc1cccc3[nH]ccc13)CO2. The molecule has 4 rings (SSSR count). The molecular formula is C20H20N2O3. The minimum Gasteiger partial charge on any atom is -0.497 e. The van der Waals surface area contributed by atoms with Gasteiger partial charge in [0.2, 0.25) is 5.91 Å². The largest absolute Gasteiger partial charge is 0.497 e. The number of ether oxygens (including phenoxy) is 2. The second-order valence-electron chi connectivity index (χ2n) is 6.26. The van der Waals surface area contributed by atoms with E-state index >= 15 is 0 Å². The number of methoxy groups -OCH3 is 1. The third-order valence-electron chi connectivity index (χ3n) is 4.68. The van der Waals surface area contributed by atoms with Gasteiger partial charge in [-0.25, -0.2) is 0 Å². The molecule has 0 spiro atoms. The van der Waals surface area contributed by atoms with Gasteiger partial charge in [0, 0.05) is 23.6 Å². The van der Waals surface area contributed by atoms with Crippen LogP contribution in [-0.2, 0) is 17.8 Å². The van der Waals surface area contributed by atoms with E-state index in [0.717, 1.165) is 33.5 Å². The molecule has 2 N–H and O–H groups in total. The number of rotatable bonds is 4. The number of aromatic amines is 1. The number of hydrogen-bond acceptors (Lipinski definition) is 3. The fraction of sp³-hybridized carbons (Fsp3) is 0.250. The van der Waals surface area contributed by atoms with Gasteiger partial charge in [-0.3, -0.25) is 4.79 Å². The number of carbonyl (C=O) groups excluding carboxylic acids is 1. The number of aromatic nitrogens is 1. The lowest BCUT2D eigenvalue weighted by atomic mass is 9.95. The number of amides is 1. The van der Waals surface area contributed by atoms with Gasteiger partial charge >= 0.3 is 0 Å². The summed E-state index contributed by atoms with van der Waals surface area (Å²) in [6.07, 6.45) is 2.57. The summed E-state index contributed by atoms with van der Waals surface area (Å²) < 4.78 is 11.0. The summed E-state index contributed by atoms with van der Waals surface area (Å²) in [7, 11) is 1.64. The van der Waals surface area contributed by atoms with Crippen molar-refractivity contribution in [2.24, 2.45) is 5.92 Å². The first kappa shape index (κ1) is 15.6. The quantitative estimate of drug-likeness (QED) is 0.770. The molecule has 0 saturated heterocycles. The van der Waals surface area contributed by atoms with E-state index < -0.39 is 0 Å². The Labute approximate surface area is 146 Å². The molecule has 1 amide bonds. The van der Waals surface area contributed by atoms with Crippen LogP contribution in [0.25, 0.3) is 10.9 Å². The summed E-state index contributed by atoms with van der Waals surface area (Å²) in [5.41, 5.74) is 3.19. The Morgan fingerprint density at radius 2 is 2.24 bits per heavy atom. The first-order chi connectivity index (χ1) is 12.2. The highest BCUT2D eigenvalue weighted by atomic mass is 16.5. The second-order valence-corrected chi connectivity index (χ2v) is 6.26. The zero-order valence-electron chi connectivity index (χ0n) is 14.0. The minimum absolute atomic E-state index is 0.0148. The van der Waals surface area contributed by atoms with Crippen LogP contribution in [0.2, 0.25) is 0 Å². The maximum absolute atomic E-state index is 12.6. The number of hydrogen-bond donors (Lipinski definition) is 2. The first-order valence-corrected chi connectivity index (χ1v) is 8.37. The van der Waals surface area contributed by atoms with Crippen molar-refractivity contribution in [3.8, 4) is 11.5 Å². The third-order valence-corrected chi connectivity index (χ3v) is 4.68. The highest BCUT2D eigenvalue weighted by Crippen LogP contribution is 2.30. The van der Waals surface area contributed by atoms with Crippen molar-refractivity contribution in [2.75, 3.05) is 13.7 Å². The van der Waals surface area contributed by atoms with E-state index in [-0.39, 0.29) is 11.8 Å². The molecule has 1 aliphatic heterocycles. The Hall–Kier alpha value is -2.95. The van der Waals surface area contributed by atoms with Crippen molar-refractivity contribution in [3.63, 3.8) is 0 Å². The topological polar surface area (TPSA) is 63.3 Å². The molecule has 3 aromatic rings. The van der Waals surface area contributed by atoms with E-state index in [4.69, 9.17) is 9.47 Å². The smallest absolute Gasteiger partial charge is 0.227 e. The molecule has 2 aromatic carbocycles. The molecule has 2 heterocycles. The minimum atomic E-state index is -0.190. The summed E-state index contributed by atoms with van der Waals surface area (Å²) in [5, 5.41) is 4.18.